The number of rotatable bonds is 4. The van der Waals surface area contributed by atoms with E-state index in [-0.39, 0.29) is 24.3 Å². The highest BCUT2D eigenvalue weighted by Crippen LogP contribution is 2.32. The van der Waals surface area contributed by atoms with E-state index in [1.54, 1.807) is 6.07 Å². The average molecular weight is 326 g/mol. The van der Waals surface area contributed by atoms with Crippen molar-refractivity contribution < 1.29 is 13.3 Å². The number of nitrogens with one attached hydrogen (secondary N) is 1. The van der Waals surface area contributed by atoms with Gasteiger partial charge in [-0.25, -0.2) is 4.39 Å². The number of nitrogens with zero attached hydrogens (tertiary/aromatic N) is 2. The van der Waals surface area contributed by atoms with Crippen molar-refractivity contribution in [1.82, 2.24) is 15.5 Å². The minimum absolute atomic E-state index is 0. The van der Waals surface area contributed by atoms with Gasteiger partial charge in [0, 0.05) is 23.4 Å². The van der Waals surface area contributed by atoms with Gasteiger partial charge in [0.2, 0.25) is 0 Å². The maximum atomic E-state index is 13.3. The van der Waals surface area contributed by atoms with Crippen LogP contribution in [0.25, 0.3) is 22.6 Å². The van der Waals surface area contributed by atoms with Crippen molar-refractivity contribution in [1.29, 1.82) is 0 Å². The highest BCUT2D eigenvalue weighted by molar-refractivity contribution is 5.86. The molecule has 0 spiro atoms. The summed E-state index contributed by atoms with van der Waals surface area (Å²) in [6, 6.07) is 4.66. The van der Waals surface area contributed by atoms with E-state index in [2.05, 4.69) is 15.5 Å². The molecule has 3 aromatic rings. The zero-order valence-corrected chi connectivity index (χ0v) is 13.3. The zero-order valence-electron chi connectivity index (χ0n) is 12.5. The minimum Gasteiger partial charge on any atom is -0.451 e. The van der Waals surface area contributed by atoms with Crippen LogP contribution in [0.5, 0.6) is 0 Å². The van der Waals surface area contributed by atoms with Gasteiger partial charge in [0.15, 0.2) is 11.6 Å². The van der Waals surface area contributed by atoms with Crippen molar-refractivity contribution in [2.75, 3.05) is 7.05 Å². The van der Waals surface area contributed by atoms with E-state index in [1.165, 1.54) is 12.1 Å². The fourth-order valence-corrected chi connectivity index (χ4v) is 2.20. The van der Waals surface area contributed by atoms with Crippen LogP contribution < -0.4 is 5.32 Å². The molecule has 0 radical (unpaired) electrons. The lowest BCUT2D eigenvalue weighted by molar-refractivity contribution is 0.408. The third-order valence-corrected chi connectivity index (χ3v) is 3.54. The largest absolute Gasteiger partial charge is 0.451 e. The van der Waals surface area contributed by atoms with Gasteiger partial charge in [-0.2, -0.15) is 4.98 Å². The molecule has 0 saturated heterocycles. The van der Waals surface area contributed by atoms with Crippen LogP contribution in [0.2, 0.25) is 0 Å². The van der Waals surface area contributed by atoms with Gasteiger partial charge < -0.3 is 14.3 Å². The predicted molar refractivity (Wildman–Crippen MR) is 83.7 cm³/mol. The van der Waals surface area contributed by atoms with E-state index < -0.39 is 0 Å². The van der Waals surface area contributed by atoms with Gasteiger partial charge >= 0.3 is 0 Å². The summed E-state index contributed by atoms with van der Waals surface area (Å²) in [5, 5.41) is 7.78. The number of likely N-dealkylation sites (N-methyl/N-ethyl adjacent to an activating group) is 1. The van der Waals surface area contributed by atoms with Crippen LogP contribution >= 0.6 is 12.4 Å². The fraction of sp³-hybridized carbons (Fsp3) is 0.333. The standard InChI is InChI=1S/C15H16FN3O2.ClH/c1-8(17-3)6-13-18-15(21-19-13)14-9(2)11-7-10(16)4-5-12(11)20-14;/h4-5,7-8,17H,6H2,1-3H3;1H. The molecule has 0 fully saturated rings. The molecule has 118 valence electrons. The zero-order chi connectivity index (χ0) is 15.0. The highest BCUT2D eigenvalue weighted by Gasteiger charge is 2.19. The van der Waals surface area contributed by atoms with E-state index in [4.69, 9.17) is 8.94 Å². The normalized spacial score (nSPS) is 12.4. The Morgan fingerprint density at radius 3 is 2.86 bits per heavy atom. The van der Waals surface area contributed by atoms with Crippen molar-refractivity contribution in [2.24, 2.45) is 0 Å². The molecule has 1 unspecified atom stereocenters. The third kappa shape index (κ3) is 2.98. The molecule has 0 aliphatic carbocycles. The van der Waals surface area contributed by atoms with E-state index in [1.807, 2.05) is 20.9 Å². The molecule has 3 rings (SSSR count). The topological polar surface area (TPSA) is 64.1 Å². The van der Waals surface area contributed by atoms with Crippen LogP contribution in [0.3, 0.4) is 0 Å². The molecule has 0 saturated carbocycles. The van der Waals surface area contributed by atoms with Gasteiger partial charge in [-0.1, -0.05) is 5.16 Å². The molecule has 1 atom stereocenters. The van der Waals surface area contributed by atoms with Crippen LogP contribution in [0, 0.1) is 12.7 Å². The number of aryl methyl sites for hydroxylation is 1. The van der Waals surface area contributed by atoms with Crippen LogP contribution in [-0.2, 0) is 6.42 Å². The van der Waals surface area contributed by atoms with Gasteiger partial charge in [0.25, 0.3) is 5.89 Å². The van der Waals surface area contributed by atoms with Gasteiger partial charge in [-0.05, 0) is 39.1 Å². The molecule has 0 aliphatic heterocycles. The van der Waals surface area contributed by atoms with E-state index in [0.29, 0.717) is 34.9 Å². The maximum Gasteiger partial charge on any atom is 0.293 e. The third-order valence-electron chi connectivity index (χ3n) is 3.54. The molecule has 22 heavy (non-hydrogen) atoms. The summed E-state index contributed by atoms with van der Waals surface area (Å²) < 4.78 is 24.3. The molecule has 0 aliphatic rings. The Labute approximate surface area is 133 Å². The molecule has 2 heterocycles. The molecule has 1 aromatic carbocycles. The summed E-state index contributed by atoms with van der Waals surface area (Å²) in [5.41, 5.74) is 1.40. The van der Waals surface area contributed by atoms with Gasteiger partial charge in [-0.3, -0.25) is 0 Å². The first-order chi connectivity index (χ1) is 10.1. The Kier molecular flexibility index (Phi) is 4.83. The Morgan fingerprint density at radius 2 is 2.14 bits per heavy atom. The highest BCUT2D eigenvalue weighted by atomic mass is 35.5. The second kappa shape index (κ2) is 6.46. The summed E-state index contributed by atoms with van der Waals surface area (Å²) in [6.45, 7) is 3.88. The van der Waals surface area contributed by atoms with E-state index >= 15 is 0 Å². The summed E-state index contributed by atoms with van der Waals surface area (Å²) in [7, 11) is 1.88. The van der Waals surface area contributed by atoms with Crippen molar-refractivity contribution in [2.45, 2.75) is 26.3 Å². The van der Waals surface area contributed by atoms with Crippen LogP contribution in [0.15, 0.2) is 27.1 Å². The number of benzene rings is 1. The predicted octanol–water partition coefficient (Wildman–Crippen LogP) is 3.50. The summed E-state index contributed by atoms with van der Waals surface area (Å²) in [6.07, 6.45) is 0.661. The number of furan rings is 1. The first kappa shape index (κ1) is 16.5. The van der Waals surface area contributed by atoms with Crippen molar-refractivity contribution >= 4 is 23.4 Å². The van der Waals surface area contributed by atoms with Crippen molar-refractivity contribution in [3.8, 4) is 11.7 Å². The molecular weight excluding hydrogens is 309 g/mol. The van der Waals surface area contributed by atoms with Gasteiger partial charge in [-0.15, -0.1) is 12.4 Å². The molecule has 7 heteroatoms. The Morgan fingerprint density at radius 1 is 1.36 bits per heavy atom. The average Bonchev–Trinajstić information content (AvgIpc) is 3.04. The minimum atomic E-state index is -0.299. The first-order valence-electron chi connectivity index (χ1n) is 6.77. The number of aromatic nitrogens is 2. The number of fused-ring (bicyclic) bond motifs is 1. The smallest absolute Gasteiger partial charge is 0.293 e. The van der Waals surface area contributed by atoms with Gasteiger partial charge in [0.1, 0.15) is 11.4 Å². The summed E-state index contributed by atoms with van der Waals surface area (Å²) >= 11 is 0. The molecule has 0 bridgehead atoms. The van der Waals surface area contributed by atoms with Gasteiger partial charge in [0.05, 0.1) is 0 Å². The second-order valence-corrected chi connectivity index (χ2v) is 5.11. The van der Waals surface area contributed by atoms with Crippen LogP contribution in [0.4, 0.5) is 4.39 Å². The molecule has 5 nitrogen and oxygen atoms in total. The first-order valence-corrected chi connectivity index (χ1v) is 6.77. The quantitative estimate of drug-likeness (QED) is 0.795. The maximum absolute atomic E-state index is 13.3. The summed E-state index contributed by atoms with van der Waals surface area (Å²) in [5.74, 6) is 1.12. The number of hydrogen-bond acceptors (Lipinski definition) is 5. The molecular formula is C15H17ClFN3O2. The monoisotopic (exact) mass is 325 g/mol. The SMILES string of the molecule is CNC(C)Cc1noc(-c2oc3ccc(F)cc3c2C)n1.Cl. The Bertz CT molecular complexity index is 784. The lowest BCUT2D eigenvalue weighted by Gasteiger charge is -2.04. The Balaban J connectivity index is 0.00000176. The number of halogens is 2. The van der Waals surface area contributed by atoms with E-state index in [0.717, 1.165) is 5.56 Å². The van der Waals surface area contributed by atoms with Crippen LogP contribution in [-0.4, -0.2) is 23.2 Å². The summed E-state index contributed by atoms with van der Waals surface area (Å²) in [4.78, 5) is 4.34. The van der Waals surface area contributed by atoms with E-state index in [9.17, 15) is 4.39 Å². The lowest BCUT2D eigenvalue weighted by atomic mass is 10.1. The molecule has 2 aromatic heterocycles. The van der Waals surface area contributed by atoms with Crippen LogP contribution in [0.1, 0.15) is 18.3 Å². The van der Waals surface area contributed by atoms with Crippen molar-refractivity contribution in [3.05, 3.63) is 35.4 Å². The molecule has 1 N–H and O–H groups in total. The number of hydrogen-bond donors (Lipinski definition) is 1. The fourth-order valence-electron chi connectivity index (χ4n) is 2.20. The lowest BCUT2D eigenvalue weighted by Crippen LogP contribution is -2.24. The van der Waals surface area contributed by atoms with Crippen molar-refractivity contribution in [3.63, 3.8) is 0 Å². The Hall–Kier alpha value is -1.92. The second-order valence-electron chi connectivity index (χ2n) is 5.11. The molecule has 0 amide bonds.